The second-order valence-corrected chi connectivity index (χ2v) is 17.3. The van der Waals surface area contributed by atoms with Crippen LogP contribution in [0.1, 0.15) is 48.0 Å². The van der Waals surface area contributed by atoms with E-state index in [9.17, 15) is 13.2 Å². The Morgan fingerprint density at radius 1 is 0.943 bits per heavy atom. The summed E-state index contributed by atoms with van der Waals surface area (Å²) in [5.41, 5.74) is -0.608. The normalized spacial score (nSPS) is 19.7. The van der Waals surface area contributed by atoms with Crippen molar-refractivity contribution in [3.05, 3.63) is 60.7 Å². The van der Waals surface area contributed by atoms with Gasteiger partial charge in [0, 0.05) is 5.92 Å². The van der Waals surface area contributed by atoms with Crippen molar-refractivity contribution in [2.45, 2.75) is 64.7 Å². The summed E-state index contributed by atoms with van der Waals surface area (Å²) in [6.45, 7) is 12.0. The summed E-state index contributed by atoms with van der Waals surface area (Å²) in [6, 6.07) is 20.3. The molecule has 1 saturated carbocycles. The van der Waals surface area contributed by atoms with Gasteiger partial charge >= 0.3 is 5.97 Å². The number of carbonyl (C=O) groups is 1. The van der Waals surface area contributed by atoms with E-state index in [2.05, 4.69) is 45.0 Å². The van der Waals surface area contributed by atoms with Crippen molar-refractivity contribution in [3.8, 4) is 0 Å². The third-order valence-electron chi connectivity index (χ3n) is 6.21. The molecule has 0 spiro atoms. The van der Waals surface area contributed by atoms with Gasteiger partial charge in [0.15, 0.2) is 0 Å². The van der Waals surface area contributed by atoms with Crippen molar-refractivity contribution in [2.75, 3.05) is 12.9 Å². The molecule has 1 aliphatic rings. The molecule has 1 fully saturated rings. The third-order valence-corrected chi connectivity index (χ3v) is 11.8. The highest BCUT2D eigenvalue weighted by Gasteiger charge is 2.54. The van der Waals surface area contributed by atoms with Crippen LogP contribution in [0.15, 0.2) is 60.7 Å². The van der Waals surface area contributed by atoms with Crippen LogP contribution in [0, 0.1) is 11.8 Å². The third kappa shape index (κ3) is 6.82. The molecule has 0 radical (unpaired) electrons. The summed E-state index contributed by atoms with van der Waals surface area (Å²) in [4.78, 5) is 12.6. The molecule has 3 rings (SSSR count). The van der Waals surface area contributed by atoms with Crippen LogP contribution >= 0.6 is 0 Å². The Morgan fingerprint density at radius 2 is 1.43 bits per heavy atom. The van der Waals surface area contributed by atoms with Gasteiger partial charge in [0.2, 0.25) is 0 Å². The molecule has 0 aromatic heterocycles. The monoisotopic (exact) mass is 518 g/mol. The molecule has 0 aliphatic heterocycles. The molecule has 0 unspecified atom stereocenters. The summed E-state index contributed by atoms with van der Waals surface area (Å²) < 4.78 is 42.3. The number of hydrogen-bond acceptors (Lipinski definition) is 6. The Bertz CT molecular complexity index is 1060. The molecule has 0 amide bonds. The zero-order chi connectivity index (χ0) is 26.1. The van der Waals surface area contributed by atoms with Crippen molar-refractivity contribution in [3.63, 3.8) is 0 Å². The molecule has 192 valence electrons. The van der Waals surface area contributed by atoms with Crippen LogP contribution in [0.25, 0.3) is 0 Å². The SMILES string of the molecule is CC(C)(C)OC(=O)[C@H]1C[C@@H]1[C@H](CO[Si](c1ccccc1)(c1ccccc1)C(C)(C)C)OS(C)(=O)=O. The lowest BCUT2D eigenvalue weighted by atomic mass is 10.2. The number of hydrogen-bond donors (Lipinski definition) is 0. The molecule has 2 aromatic rings. The maximum atomic E-state index is 12.6. The average molecular weight is 519 g/mol. The summed E-state index contributed by atoms with van der Waals surface area (Å²) in [6.07, 6.45) is 0.775. The van der Waals surface area contributed by atoms with Gasteiger partial charge in [0.1, 0.15) is 11.7 Å². The molecular formula is C27H38O6SSi. The van der Waals surface area contributed by atoms with E-state index in [4.69, 9.17) is 13.3 Å². The van der Waals surface area contributed by atoms with E-state index in [1.807, 2.05) is 57.2 Å². The molecule has 0 saturated heterocycles. The van der Waals surface area contributed by atoms with Gasteiger partial charge in [-0.3, -0.25) is 8.98 Å². The van der Waals surface area contributed by atoms with Crippen molar-refractivity contribution in [1.29, 1.82) is 0 Å². The van der Waals surface area contributed by atoms with Crippen LogP contribution in [0.2, 0.25) is 5.04 Å². The van der Waals surface area contributed by atoms with Crippen LogP contribution < -0.4 is 10.4 Å². The largest absolute Gasteiger partial charge is 0.460 e. The average Bonchev–Trinajstić information content (AvgIpc) is 3.53. The van der Waals surface area contributed by atoms with Crippen LogP contribution in [0.5, 0.6) is 0 Å². The predicted octanol–water partition coefficient (Wildman–Crippen LogP) is 3.89. The first kappa shape index (κ1) is 27.6. The van der Waals surface area contributed by atoms with Gasteiger partial charge in [-0.15, -0.1) is 0 Å². The molecule has 0 heterocycles. The molecule has 1 aliphatic carbocycles. The first-order chi connectivity index (χ1) is 16.1. The fourth-order valence-electron chi connectivity index (χ4n) is 4.69. The van der Waals surface area contributed by atoms with Gasteiger partial charge in [-0.25, -0.2) is 0 Å². The Hall–Kier alpha value is -2.00. The van der Waals surface area contributed by atoms with Crippen LogP contribution in [-0.2, 0) is 28.3 Å². The van der Waals surface area contributed by atoms with Gasteiger partial charge in [-0.1, -0.05) is 81.4 Å². The van der Waals surface area contributed by atoms with Crippen molar-refractivity contribution < 1.29 is 26.6 Å². The van der Waals surface area contributed by atoms with Crippen molar-refractivity contribution >= 4 is 34.8 Å². The highest BCUT2D eigenvalue weighted by Crippen LogP contribution is 2.45. The number of ether oxygens (including phenoxy) is 1. The zero-order valence-corrected chi connectivity index (χ0v) is 23.6. The van der Waals surface area contributed by atoms with Gasteiger partial charge in [0.05, 0.1) is 18.8 Å². The summed E-state index contributed by atoms with van der Waals surface area (Å²) in [5, 5.41) is 1.92. The molecule has 0 bridgehead atoms. The topological polar surface area (TPSA) is 78.9 Å². The summed E-state index contributed by atoms with van der Waals surface area (Å²) in [5.74, 6) is -1.00. The molecule has 6 nitrogen and oxygen atoms in total. The highest BCUT2D eigenvalue weighted by atomic mass is 32.2. The molecule has 2 aromatic carbocycles. The van der Waals surface area contributed by atoms with E-state index in [-0.39, 0.29) is 23.5 Å². The number of rotatable bonds is 9. The first-order valence-corrected chi connectivity index (χ1v) is 15.7. The van der Waals surface area contributed by atoms with Crippen molar-refractivity contribution in [2.24, 2.45) is 11.8 Å². The minimum atomic E-state index is -3.76. The van der Waals surface area contributed by atoms with E-state index < -0.39 is 36.1 Å². The van der Waals surface area contributed by atoms with Gasteiger partial charge in [0.25, 0.3) is 18.4 Å². The summed E-state index contributed by atoms with van der Waals surface area (Å²) in [7, 11) is -6.65. The lowest BCUT2D eigenvalue weighted by Gasteiger charge is -2.43. The Kier molecular flexibility index (Phi) is 8.01. The maximum Gasteiger partial charge on any atom is 0.309 e. The second-order valence-electron chi connectivity index (χ2n) is 11.4. The molecule has 8 heteroatoms. The highest BCUT2D eigenvalue weighted by molar-refractivity contribution is 7.86. The summed E-state index contributed by atoms with van der Waals surface area (Å²) >= 11 is 0. The Labute approximate surface area is 211 Å². The minimum absolute atomic E-state index is 0.0598. The van der Waals surface area contributed by atoms with Gasteiger partial charge in [-0.2, -0.15) is 8.42 Å². The predicted molar refractivity (Wildman–Crippen MR) is 141 cm³/mol. The fraction of sp³-hybridized carbons (Fsp3) is 0.519. The van der Waals surface area contributed by atoms with Crippen molar-refractivity contribution in [1.82, 2.24) is 0 Å². The standard InChI is InChI=1S/C27H38O6SSi/c1-26(2,3)32-25(28)23-18-22(23)24(33-34(7,29)30)19-31-35(27(4,5)6,20-14-10-8-11-15-20)21-16-12-9-13-17-21/h8-17,22-24H,18-19H2,1-7H3/t22-,23-,24-/m0/s1. The van der Waals surface area contributed by atoms with Gasteiger partial charge in [-0.05, 0) is 42.6 Å². The zero-order valence-electron chi connectivity index (χ0n) is 21.8. The second kappa shape index (κ2) is 10.2. The van der Waals surface area contributed by atoms with Crippen LogP contribution in [0.4, 0.5) is 0 Å². The molecule has 35 heavy (non-hydrogen) atoms. The van der Waals surface area contributed by atoms with E-state index in [1.54, 1.807) is 0 Å². The van der Waals surface area contributed by atoms with Crippen LogP contribution in [-0.4, -0.2) is 47.3 Å². The lowest BCUT2D eigenvalue weighted by molar-refractivity contribution is -0.157. The van der Waals surface area contributed by atoms with E-state index >= 15 is 0 Å². The minimum Gasteiger partial charge on any atom is -0.460 e. The molecular weight excluding hydrogens is 480 g/mol. The van der Waals surface area contributed by atoms with E-state index in [0.717, 1.165) is 16.6 Å². The van der Waals surface area contributed by atoms with E-state index in [1.165, 1.54) is 0 Å². The number of esters is 1. The lowest BCUT2D eigenvalue weighted by Crippen LogP contribution is -2.67. The Balaban J connectivity index is 1.96. The fourth-order valence-corrected chi connectivity index (χ4v) is 9.91. The Morgan fingerprint density at radius 3 is 1.83 bits per heavy atom. The smallest absolute Gasteiger partial charge is 0.309 e. The molecule has 0 N–H and O–H groups in total. The van der Waals surface area contributed by atoms with Gasteiger partial charge < -0.3 is 9.16 Å². The molecule has 3 atom stereocenters. The number of benzene rings is 2. The quantitative estimate of drug-likeness (QED) is 0.285. The van der Waals surface area contributed by atoms with Crippen LogP contribution in [0.3, 0.4) is 0 Å². The first-order valence-electron chi connectivity index (χ1n) is 12.0. The number of carbonyl (C=O) groups excluding carboxylic acids is 1. The van der Waals surface area contributed by atoms with E-state index in [0.29, 0.717) is 6.42 Å². The maximum absolute atomic E-state index is 12.6.